The van der Waals surface area contributed by atoms with Crippen molar-refractivity contribution in [1.82, 2.24) is 4.90 Å². The molecular weight excluding hydrogens is 430 g/mol. The zero-order valence-electron chi connectivity index (χ0n) is 18.6. The van der Waals surface area contributed by atoms with Gasteiger partial charge in [0.25, 0.3) is 17.5 Å². The Bertz CT molecular complexity index is 1040. The van der Waals surface area contributed by atoms with E-state index in [0.717, 1.165) is 4.90 Å². The van der Waals surface area contributed by atoms with E-state index in [1.54, 1.807) is 43.4 Å². The number of imide groups is 1. The largest absolute Gasteiger partial charge is 0.497 e. The molecule has 0 atom stereocenters. The number of ether oxygens (including phenoxy) is 3. The van der Waals surface area contributed by atoms with E-state index in [9.17, 15) is 19.7 Å². The Hall–Kier alpha value is -3.76. The fraction of sp³-hybridized carbons (Fsp3) is 0.304. The second-order valence-electron chi connectivity index (χ2n) is 7.14. The molecule has 0 saturated carbocycles. The van der Waals surface area contributed by atoms with Crippen LogP contribution in [0.5, 0.6) is 5.75 Å². The van der Waals surface area contributed by atoms with Gasteiger partial charge in [-0.3, -0.25) is 19.7 Å². The monoisotopic (exact) mass is 455 g/mol. The number of non-ortho nitro benzene ring substituents is 1. The van der Waals surface area contributed by atoms with Crippen LogP contribution < -0.4 is 9.64 Å². The van der Waals surface area contributed by atoms with Crippen molar-refractivity contribution >= 4 is 28.8 Å². The first-order valence-electron chi connectivity index (χ1n) is 10.2. The van der Waals surface area contributed by atoms with Crippen LogP contribution in [0.3, 0.4) is 0 Å². The Morgan fingerprint density at radius 3 is 1.94 bits per heavy atom. The maximum atomic E-state index is 13.6. The van der Waals surface area contributed by atoms with Gasteiger partial charge in [0.05, 0.1) is 36.5 Å². The molecule has 0 radical (unpaired) electrons. The number of nitro groups is 1. The molecule has 0 unspecified atom stereocenters. The number of nitro benzene ring substituents is 1. The Morgan fingerprint density at radius 2 is 1.45 bits per heavy atom. The lowest BCUT2D eigenvalue weighted by molar-refractivity contribution is -0.384. The van der Waals surface area contributed by atoms with Crippen molar-refractivity contribution in [2.24, 2.45) is 0 Å². The van der Waals surface area contributed by atoms with Gasteiger partial charge in [-0.05, 0) is 42.0 Å². The summed E-state index contributed by atoms with van der Waals surface area (Å²) in [5, 5.41) is 11.1. The summed E-state index contributed by atoms with van der Waals surface area (Å²) >= 11 is 0. The highest BCUT2D eigenvalue weighted by Crippen LogP contribution is 2.35. The average molecular weight is 455 g/mol. The molecule has 2 aromatic carbocycles. The number of benzene rings is 2. The Labute approximate surface area is 191 Å². The molecular formula is C23H25N3O7. The van der Waals surface area contributed by atoms with E-state index in [0.29, 0.717) is 43.3 Å². The van der Waals surface area contributed by atoms with Crippen molar-refractivity contribution in [3.8, 4) is 5.75 Å². The van der Waals surface area contributed by atoms with Gasteiger partial charge in [-0.2, -0.15) is 0 Å². The summed E-state index contributed by atoms with van der Waals surface area (Å²) in [4.78, 5) is 40.5. The van der Waals surface area contributed by atoms with Gasteiger partial charge in [0, 0.05) is 39.4 Å². The maximum Gasteiger partial charge on any atom is 0.282 e. The fourth-order valence-corrected chi connectivity index (χ4v) is 3.53. The van der Waals surface area contributed by atoms with E-state index >= 15 is 0 Å². The summed E-state index contributed by atoms with van der Waals surface area (Å²) in [7, 11) is 4.62. The second kappa shape index (κ2) is 10.7. The minimum Gasteiger partial charge on any atom is -0.497 e. The maximum absolute atomic E-state index is 13.6. The van der Waals surface area contributed by atoms with Gasteiger partial charge in [-0.1, -0.05) is 0 Å². The number of rotatable bonds is 11. The number of hydrogen-bond acceptors (Lipinski definition) is 8. The average Bonchev–Trinajstić information content (AvgIpc) is 3.09. The summed E-state index contributed by atoms with van der Waals surface area (Å²) in [5.41, 5.74) is 1.04. The first kappa shape index (κ1) is 23.9. The molecule has 10 heteroatoms. The van der Waals surface area contributed by atoms with Crippen LogP contribution in [0.25, 0.3) is 5.57 Å². The van der Waals surface area contributed by atoms with Crippen molar-refractivity contribution in [2.75, 3.05) is 52.5 Å². The van der Waals surface area contributed by atoms with Gasteiger partial charge >= 0.3 is 0 Å². The molecule has 1 heterocycles. The summed E-state index contributed by atoms with van der Waals surface area (Å²) in [6.07, 6.45) is 0. The van der Waals surface area contributed by atoms with Crippen LogP contribution in [-0.4, -0.2) is 69.3 Å². The number of carbonyl (C=O) groups is 2. The van der Waals surface area contributed by atoms with E-state index in [4.69, 9.17) is 14.2 Å². The fourth-order valence-electron chi connectivity index (χ4n) is 3.53. The third-order valence-electron chi connectivity index (χ3n) is 5.20. The lowest BCUT2D eigenvalue weighted by atomic mass is 10.0. The van der Waals surface area contributed by atoms with Crippen molar-refractivity contribution < 1.29 is 28.7 Å². The Kier molecular flexibility index (Phi) is 7.75. The Balaban J connectivity index is 2.11. The standard InChI is InChI=1S/C23H25N3O7/c1-31-14-12-24(13-15-32-2)21-20(16-4-6-18(7-5-16)26(29)30)22(27)25(23(21)28)17-8-10-19(33-3)11-9-17/h4-11H,12-15H2,1-3H3. The first-order valence-corrected chi connectivity index (χ1v) is 10.2. The third-order valence-corrected chi connectivity index (χ3v) is 5.20. The van der Waals surface area contributed by atoms with Crippen LogP contribution in [0.2, 0.25) is 0 Å². The van der Waals surface area contributed by atoms with Gasteiger partial charge in [0.15, 0.2) is 0 Å². The molecule has 0 aliphatic carbocycles. The van der Waals surface area contributed by atoms with Crippen LogP contribution in [0.4, 0.5) is 11.4 Å². The summed E-state index contributed by atoms with van der Waals surface area (Å²) in [6, 6.07) is 12.1. The summed E-state index contributed by atoms with van der Waals surface area (Å²) < 4.78 is 15.5. The van der Waals surface area contributed by atoms with Crippen LogP contribution in [0, 0.1) is 10.1 Å². The predicted molar refractivity (Wildman–Crippen MR) is 121 cm³/mol. The van der Waals surface area contributed by atoms with E-state index in [-0.39, 0.29) is 17.0 Å². The lowest BCUT2D eigenvalue weighted by Crippen LogP contribution is -2.37. The normalized spacial score (nSPS) is 13.6. The van der Waals surface area contributed by atoms with E-state index in [2.05, 4.69) is 0 Å². The number of anilines is 1. The van der Waals surface area contributed by atoms with Gasteiger partial charge in [0.1, 0.15) is 11.4 Å². The molecule has 1 aliphatic heterocycles. The molecule has 3 rings (SSSR count). The highest BCUT2D eigenvalue weighted by Gasteiger charge is 2.42. The number of methoxy groups -OCH3 is 3. The van der Waals surface area contributed by atoms with Crippen LogP contribution in [-0.2, 0) is 19.1 Å². The molecule has 1 aliphatic rings. The number of carbonyl (C=O) groups excluding carboxylic acids is 2. The summed E-state index contributed by atoms with van der Waals surface area (Å²) in [6.45, 7) is 1.35. The lowest BCUT2D eigenvalue weighted by Gasteiger charge is -2.25. The SMILES string of the molecule is COCCN(CCOC)C1=C(c2ccc([N+](=O)[O-])cc2)C(=O)N(c2ccc(OC)cc2)C1=O. The van der Waals surface area contributed by atoms with E-state index in [1.165, 1.54) is 31.4 Å². The zero-order chi connectivity index (χ0) is 24.0. The highest BCUT2D eigenvalue weighted by molar-refractivity contribution is 6.45. The number of hydrogen-bond donors (Lipinski definition) is 0. The predicted octanol–water partition coefficient (Wildman–Crippen LogP) is 2.48. The van der Waals surface area contributed by atoms with Gasteiger partial charge in [-0.25, -0.2) is 4.90 Å². The molecule has 0 spiro atoms. The van der Waals surface area contributed by atoms with Crippen LogP contribution in [0.15, 0.2) is 54.2 Å². The molecule has 0 bridgehead atoms. The van der Waals surface area contributed by atoms with Crippen molar-refractivity contribution in [1.29, 1.82) is 0 Å². The van der Waals surface area contributed by atoms with Crippen molar-refractivity contribution in [2.45, 2.75) is 0 Å². The second-order valence-corrected chi connectivity index (χ2v) is 7.14. The molecule has 0 fully saturated rings. The molecule has 33 heavy (non-hydrogen) atoms. The zero-order valence-corrected chi connectivity index (χ0v) is 18.6. The van der Waals surface area contributed by atoms with Gasteiger partial charge < -0.3 is 19.1 Å². The van der Waals surface area contributed by atoms with Crippen molar-refractivity contribution in [3.63, 3.8) is 0 Å². The smallest absolute Gasteiger partial charge is 0.282 e. The molecule has 10 nitrogen and oxygen atoms in total. The molecule has 2 amide bonds. The van der Waals surface area contributed by atoms with Crippen LogP contribution >= 0.6 is 0 Å². The molecule has 0 aromatic heterocycles. The van der Waals surface area contributed by atoms with Crippen molar-refractivity contribution in [3.05, 3.63) is 69.9 Å². The van der Waals surface area contributed by atoms with Crippen LogP contribution in [0.1, 0.15) is 5.56 Å². The molecule has 0 saturated heterocycles. The first-order chi connectivity index (χ1) is 15.9. The van der Waals surface area contributed by atoms with Gasteiger partial charge in [-0.15, -0.1) is 0 Å². The molecule has 2 aromatic rings. The number of nitrogens with zero attached hydrogens (tertiary/aromatic N) is 3. The van der Waals surface area contributed by atoms with E-state index < -0.39 is 16.7 Å². The topological polar surface area (TPSA) is 111 Å². The Morgan fingerprint density at radius 1 is 0.879 bits per heavy atom. The van der Waals surface area contributed by atoms with E-state index in [1.807, 2.05) is 0 Å². The third kappa shape index (κ3) is 5.02. The summed E-state index contributed by atoms with van der Waals surface area (Å²) in [5.74, 6) is -0.428. The minimum atomic E-state index is -0.520. The molecule has 174 valence electrons. The highest BCUT2D eigenvalue weighted by atomic mass is 16.6. The molecule has 0 N–H and O–H groups in total. The minimum absolute atomic E-state index is 0.111. The number of amides is 2. The van der Waals surface area contributed by atoms with Gasteiger partial charge in [0.2, 0.25) is 0 Å². The quantitative estimate of drug-likeness (QED) is 0.289.